The molecule has 2 amide bonds. The van der Waals surface area contributed by atoms with Crippen LogP contribution in [0.15, 0.2) is 47.4 Å². The van der Waals surface area contributed by atoms with E-state index in [9.17, 15) is 18.0 Å². The van der Waals surface area contributed by atoms with E-state index in [1.54, 1.807) is 18.2 Å². The highest BCUT2D eigenvalue weighted by Crippen LogP contribution is 2.38. The Balaban J connectivity index is 1.85. The Morgan fingerprint density at radius 1 is 0.816 bits per heavy atom. The molecule has 202 valence electrons. The smallest absolute Gasteiger partial charge is 0.266 e. The molecule has 3 aromatic rings. The molecule has 0 aliphatic carbocycles. The van der Waals surface area contributed by atoms with Gasteiger partial charge in [0.1, 0.15) is 4.90 Å². The first kappa shape index (κ1) is 28.0. The quantitative estimate of drug-likeness (QED) is 0.266. The van der Waals surface area contributed by atoms with Crippen molar-refractivity contribution in [3.05, 3.63) is 75.8 Å². The lowest BCUT2D eigenvalue weighted by Gasteiger charge is -2.28. The van der Waals surface area contributed by atoms with Gasteiger partial charge in [0.05, 0.1) is 11.1 Å². The van der Waals surface area contributed by atoms with Gasteiger partial charge in [0.2, 0.25) is 0 Å². The second kappa shape index (κ2) is 10.6. The highest BCUT2D eigenvalue weighted by molar-refractivity contribution is 7.86. The van der Waals surface area contributed by atoms with Crippen LogP contribution >= 0.6 is 0 Å². The van der Waals surface area contributed by atoms with Gasteiger partial charge in [-0.25, -0.2) is 0 Å². The molecule has 3 aromatic carbocycles. The minimum absolute atomic E-state index is 0.0354. The number of carbonyl (C=O) groups excluding carboxylic acids is 2. The summed E-state index contributed by atoms with van der Waals surface area (Å²) in [4.78, 5) is 27.2. The first-order valence-electron chi connectivity index (χ1n) is 13.4. The van der Waals surface area contributed by atoms with Gasteiger partial charge in [0.25, 0.3) is 11.8 Å². The third kappa shape index (κ3) is 5.02. The maximum Gasteiger partial charge on any atom is 0.318 e. The molecule has 0 bridgehead atoms. The molecule has 0 spiro atoms. The molecule has 0 unspecified atom stereocenters. The van der Waals surface area contributed by atoms with Crippen LogP contribution in [0.5, 0.6) is 0 Å². The maximum absolute atomic E-state index is 13.9. The van der Waals surface area contributed by atoms with Gasteiger partial charge in [0.15, 0.2) is 0 Å². The zero-order valence-electron chi connectivity index (χ0n) is 23.3. The van der Waals surface area contributed by atoms with Crippen LogP contribution in [0.2, 0.25) is 0 Å². The summed E-state index contributed by atoms with van der Waals surface area (Å²) in [5, 5.41) is 1.75. The van der Waals surface area contributed by atoms with Crippen molar-refractivity contribution < 1.29 is 22.3 Å². The number of carbonyl (C=O) groups is 2. The minimum atomic E-state index is -4.53. The molecule has 0 radical (unpaired) electrons. The van der Waals surface area contributed by atoms with Crippen molar-refractivity contribution >= 4 is 32.7 Å². The molecule has 1 aliphatic heterocycles. The molecule has 0 fully saturated rings. The Kier molecular flexibility index (Phi) is 7.82. The molecule has 6 nitrogen and oxygen atoms in total. The maximum atomic E-state index is 13.9. The monoisotopic (exact) mass is 535 g/mol. The molecule has 1 aliphatic rings. The lowest BCUT2D eigenvalue weighted by molar-refractivity contribution is -0.0156. The molecule has 38 heavy (non-hydrogen) atoms. The van der Waals surface area contributed by atoms with Gasteiger partial charge in [-0.3, -0.25) is 9.59 Å². The van der Waals surface area contributed by atoms with Gasteiger partial charge in [-0.2, -0.15) is 8.42 Å². The van der Waals surface area contributed by atoms with Gasteiger partial charge in [-0.1, -0.05) is 85.2 Å². The van der Waals surface area contributed by atoms with Crippen molar-refractivity contribution in [1.82, 2.24) is 5.06 Å². The van der Waals surface area contributed by atoms with Crippen LogP contribution in [-0.4, -0.2) is 25.3 Å². The van der Waals surface area contributed by atoms with Crippen LogP contribution in [0.1, 0.15) is 122 Å². The SMILES string of the molecule is CCCCc1cc2c3c(cccc3c1)C(=O)N(OS(=O)(=O)c1c(C(C)C)cc(C(C)C)cc1C(C)C)C2=O. The van der Waals surface area contributed by atoms with E-state index >= 15 is 0 Å². The number of nitrogens with zero attached hydrogens (tertiary/aromatic N) is 1. The van der Waals surface area contributed by atoms with E-state index in [4.69, 9.17) is 4.28 Å². The lowest BCUT2D eigenvalue weighted by Crippen LogP contribution is -2.42. The van der Waals surface area contributed by atoms with Gasteiger partial charge >= 0.3 is 10.1 Å². The van der Waals surface area contributed by atoms with Gasteiger partial charge in [-0.05, 0) is 70.4 Å². The van der Waals surface area contributed by atoms with E-state index in [1.807, 2.05) is 52.0 Å². The van der Waals surface area contributed by atoms with Crippen LogP contribution in [0.3, 0.4) is 0 Å². The zero-order valence-corrected chi connectivity index (χ0v) is 24.1. The number of unbranched alkanes of at least 4 members (excludes halogenated alkanes) is 1. The standard InChI is InChI=1S/C31H37NO5S/c1-8-9-11-21-14-22-12-10-13-24-28(22)27(15-21)31(34)32(30(24)33)37-38(35,36)29-25(19(4)5)16-23(18(2)3)17-26(29)20(6)7/h10,12-20H,8-9,11H2,1-7H3. The third-order valence-corrected chi connectivity index (χ3v) is 8.50. The van der Waals surface area contributed by atoms with Crippen molar-refractivity contribution in [2.24, 2.45) is 0 Å². The Morgan fingerprint density at radius 3 is 1.97 bits per heavy atom. The summed E-state index contributed by atoms with van der Waals surface area (Å²) >= 11 is 0. The van der Waals surface area contributed by atoms with E-state index in [0.717, 1.165) is 35.8 Å². The second-order valence-electron chi connectivity index (χ2n) is 11.1. The van der Waals surface area contributed by atoms with Crippen LogP contribution in [0, 0.1) is 0 Å². The topological polar surface area (TPSA) is 80.8 Å². The Hall–Kier alpha value is -3.03. The van der Waals surface area contributed by atoms with E-state index in [-0.39, 0.29) is 33.8 Å². The predicted molar refractivity (Wildman–Crippen MR) is 150 cm³/mol. The number of aryl methyl sites for hydroxylation is 1. The molecule has 1 heterocycles. The van der Waals surface area contributed by atoms with Crippen molar-refractivity contribution in [1.29, 1.82) is 0 Å². The number of hydrogen-bond donors (Lipinski definition) is 0. The molecule has 4 rings (SSSR count). The van der Waals surface area contributed by atoms with Crippen LogP contribution in [0.25, 0.3) is 10.8 Å². The summed E-state index contributed by atoms with van der Waals surface area (Å²) in [7, 11) is -4.53. The van der Waals surface area contributed by atoms with Crippen molar-refractivity contribution in [2.45, 2.75) is 90.4 Å². The summed E-state index contributed by atoms with van der Waals surface area (Å²) in [5.74, 6) is -1.59. The molecular weight excluding hydrogens is 498 g/mol. The fourth-order valence-electron chi connectivity index (χ4n) is 5.05. The summed E-state index contributed by atoms with van der Waals surface area (Å²) < 4.78 is 33.3. The summed E-state index contributed by atoms with van der Waals surface area (Å²) in [6.45, 7) is 13.9. The molecular formula is C31H37NO5S. The summed E-state index contributed by atoms with van der Waals surface area (Å²) in [6.07, 6.45) is 2.73. The Bertz CT molecular complexity index is 1490. The Labute approximate surface area is 226 Å². The van der Waals surface area contributed by atoms with E-state index in [2.05, 4.69) is 20.8 Å². The van der Waals surface area contributed by atoms with Crippen LogP contribution < -0.4 is 0 Å². The largest absolute Gasteiger partial charge is 0.318 e. The van der Waals surface area contributed by atoms with Crippen molar-refractivity contribution in [3.63, 3.8) is 0 Å². The van der Waals surface area contributed by atoms with Crippen molar-refractivity contribution in [3.8, 4) is 0 Å². The average Bonchev–Trinajstić information content (AvgIpc) is 2.87. The zero-order chi connectivity index (χ0) is 27.9. The van der Waals surface area contributed by atoms with E-state index < -0.39 is 21.9 Å². The highest BCUT2D eigenvalue weighted by atomic mass is 32.2. The fraction of sp³-hybridized carbons (Fsp3) is 0.419. The summed E-state index contributed by atoms with van der Waals surface area (Å²) in [5.41, 5.74) is 3.74. The second-order valence-corrected chi connectivity index (χ2v) is 12.5. The Morgan fingerprint density at radius 2 is 1.42 bits per heavy atom. The molecule has 0 saturated heterocycles. The molecule has 7 heteroatoms. The number of hydrogen-bond acceptors (Lipinski definition) is 5. The van der Waals surface area contributed by atoms with Crippen LogP contribution in [-0.2, 0) is 20.8 Å². The molecule has 0 N–H and O–H groups in total. The highest BCUT2D eigenvalue weighted by Gasteiger charge is 2.39. The number of imide groups is 1. The third-order valence-electron chi connectivity index (χ3n) is 7.19. The van der Waals surface area contributed by atoms with Crippen molar-refractivity contribution in [2.75, 3.05) is 0 Å². The summed E-state index contributed by atoms with van der Waals surface area (Å²) in [6, 6.07) is 12.8. The fourth-order valence-corrected chi connectivity index (χ4v) is 6.63. The lowest BCUT2D eigenvalue weighted by atomic mass is 9.89. The van der Waals surface area contributed by atoms with Crippen LogP contribution in [0.4, 0.5) is 0 Å². The molecule has 0 aromatic heterocycles. The van der Waals surface area contributed by atoms with Gasteiger partial charge < -0.3 is 0 Å². The number of benzene rings is 3. The molecule has 0 atom stereocenters. The van der Waals surface area contributed by atoms with E-state index in [0.29, 0.717) is 21.6 Å². The first-order valence-corrected chi connectivity index (χ1v) is 14.8. The number of hydroxylamine groups is 2. The van der Waals surface area contributed by atoms with Gasteiger partial charge in [-0.15, -0.1) is 9.35 Å². The minimum Gasteiger partial charge on any atom is -0.266 e. The molecule has 0 saturated carbocycles. The van der Waals surface area contributed by atoms with Gasteiger partial charge in [0, 0.05) is 5.39 Å². The van der Waals surface area contributed by atoms with E-state index in [1.165, 1.54) is 0 Å². The average molecular weight is 536 g/mol. The normalized spacial score (nSPS) is 14.0. The first-order chi connectivity index (χ1) is 17.9. The number of amides is 2. The predicted octanol–water partition coefficient (Wildman–Crippen LogP) is 7.47. The number of rotatable bonds is 9.